The number of fused-ring (bicyclic) bond motifs is 1. The van der Waals surface area contributed by atoms with Gasteiger partial charge in [-0.05, 0) is 76.3 Å². The number of hydrogen-bond donors (Lipinski definition) is 2. The summed E-state index contributed by atoms with van der Waals surface area (Å²) in [7, 11) is 1.75. The van der Waals surface area contributed by atoms with Gasteiger partial charge in [0, 0.05) is 62.2 Å². The van der Waals surface area contributed by atoms with Crippen molar-refractivity contribution >= 4 is 23.4 Å². The summed E-state index contributed by atoms with van der Waals surface area (Å²) in [6.45, 7) is 6.71. The third-order valence-electron chi connectivity index (χ3n) is 9.02. The molecular weight excluding hydrogens is 572 g/mol. The van der Waals surface area contributed by atoms with Gasteiger partial charge in [0.05, 0.1) is 30.4 Å². The molecule has 1 fully saturated rings. The lowest BCUT2D eigenvalue weighted by Gasteiger charge is -2.36. The zero-order valence-corrected chi connectivity index (χ0v) is 27.2. The highest BCUT2D eigenvalue weighted by molar-refractivity contribution is 6.00. The van der Waals surface area contributed by atoms with Crippen molar-refractivity contribution < 1.29 is 29.0 Å². The molecule has 0 radical (unpaired) electrons. The van der Waals surface area contributed by atoms with Gasteiger partial charge in [0.2, 0.25) is 5.91 Å². The highest BCUT2D eigenvalue weighted by Crippen LogP contribution is 2.30. The van der Waals surface area contributed by atoms with Crippen LogP contribution in [0.4, 0.5) is 5.69 Å². The van der Waals surface area contributed by atoms with E-state index in [0.717, 1.165) is 51.4 Å². The summed E-state index contributed by atoms with van der Waals surface area (Å²) in [5.41, 5.74) is 1.44. The summed E-state index contributed by atoms with van der Waals surface area (Å²) in [5.74, 6) is -0.179. The van der Waals surface area contributed by atoms with Gasteiger partial charge in [0.1, 0.15) is 5.75 Å². The van der Waals surface area contributed by atoms with Gasteiger partial charge in [-0.15, -0.1) is 0 Å². The minimum absolute atomic E-state index is 0.0168. The van der Waals surface area contributed by atoms with Crippen molar-refractivity contribution in [3.05, 3.63) is 53.9 Å². The number of carbonyl (C=O) groups excluding carboxylic acids is 3. The van der Waals surface area contributed by atoms with E-state index in [-0.39, 0.29) is 54.9 Å². The Morgan fingerprint density at radius 3 is 2.49 bits per heavy atom. The van der Waals surface area contributed by atoms with Crippen LogP contribution in [-0.4, -0.2) is 89.2 Å². The number of aromatic nitrogens is 1. The van der Waals surface area contributed by atoms with Gasteiger partial charge >= 0.3 is 0 Å². The van der Waals surface area contributed by atoms with Crippen molar-refractivity contribution in [2.45, 2.75) is 90.4 Å². The van der Waals surface area contributed by atoms with Crippen molar-refractivity contribution in [2.75, 3.05) is 38.7 Å². The molecule has 1 aromatic carbocycles. The summed E-state index contributed by atoms with van der Waals surface area (Å²) >= 11 is 0. The van der Waals surface area contributed by atoms with Crippen LogP contribution in [0.15, 0.2) is 42.7 Å². The molecule has 45 heavy (non-hydrogen) atoms. The smallest absolute Gasteiger partial charge is 0.258 e. The molecule has 10 heteroatoms. The maximum atomic E-state index is 14.3. The van der Waals surface area contributed by atoms with E-state index in [2.05, 4.69) is 10.3 Å². The number of pyridine rings is 1. The lowest BCUT2D eigenvalue weighted by Crippen LogP contribution is -2.48. The highest BCUT2D eigenvalue weighted by Gasteiger charge is 2.31. The molecule has 0 saturated heterocycles. The second-order valence-corrected chi connectivity index (χ2v) is 12.8. The minimum Gasteiger partial charge on any atom is -0.490 e. The first-order valence-corrected chi connectivity index (χ1v) is 16.5. The van der Waals surface area contributed by atoms with E-state index in [1.54, 1.807) is 66.5 Å². The van der Waals surface area contributed by atoms with E-state index in [4.69, 9.17) is 9.47 Å². The Kier molecular flexibility index (Phi) is 12.8. The quantitative estimate of drug-likeness (QED) is 0.437. The number of carbonyl (C=O) groups is 3. The number of nitrogens with one attached hydrogen (secondary N) is 1. The Bertz CT molecular complexity index is 1270. The van der Waals surface area contributed by atoms with Gasteiger partial charge in [-0.2, -0.15) is 0 Å². The van der Waals surface area contributed by atoms with E-state index in [0.29, 0.717) is 35.7 Å². The van der Waals surface area contributed by atoms with Crippen molar-refractivity contribution in [3.8, 4) is 5.75 Å². The van der Waals surface area contributed by atoms with Crippen LogP contribution in [0.3, 0.4) is 0 Å². The lowest BCUT2D eigenvalue weighted by molar-refractivity contribution is -0.120. The Morgan fingerprint density at radius 2 is 1.78 bits per heavy atom. The molecular formula is C35H50N4O6. The van der Waals surface area contributed by atoms with Crippen LogP contribution in [0.1, 0.15) is 92.9 Å². The third kappa shape index (κ3) is 9.50. The molecule has 2 N–H and O–H groups in total. The molecule has 2 aliphatic rings. The Labute approximate surface area is 267 Å². The van der Waals surface area contributed by atoms with Crippen LogP contribution in [-0.2, 0) is 9.53 Å². The summed E-state index contributed by atoms with van der Waals surface area (Å²) in [4.78, 5) is 47.8. The summed E-state index contributed by atoms with van der Waals surface area (Å²) < 4.78 is 12.7. The fourth-order valence-corrected chi connectivity index (χ4v) is 6.14. The number of hydrogen-bond acceptors (Lipinski definition) is 7. The Hall–Kier alpha value is -3.50. The molecule has 1 aromatic heterocycles. The number of rotatable bonds is 7. The monoisotopic (exact) mass is 622 g/mol. The largest absolute Gasteiger partial charge is 0.490 e. The van der Waals surface area contributed by atoms with Gasteiger partial charge in [-0.25, -0.2) is 0 Å². The number of ether oxygens (including phenoxy) is 2. The standard InChI is InChI=1S/C35H50N4O6/c1-24-21-39(25(2)23-40)35(43)30-20-29(37-33(41)27-11-6-5-7-12-27)13-14-31(30)45-26(3)10-8-9-19-44-32(24)22-38(4)34(42)28-15-17-36-18-16-28/h13-18,20,24-27,32,40H,5-12,19,21-23H2,1-4H3,(H,37,41)/t24-,25+,26+,32+/m1/s1. The predicted octanol–water partition coefficient (Wildman–Crippen LogP) is 5.17. The van der Waals surface area contributed by atoms with Crippen molar-refractivity contribution in [1.82, 2.24) is 14.8 Å². The van der Waals surface area contributed by atoms with Crippen LogP contribution in [0, 0.1) is 11.8 Å². The molecule has 3 amide bonds. The average molecular weight is 623 g/mol. The Morgan fingerprint density at radius 1 is 1.07 bits per heavy atom. The fraction of sp³-hybridized carbons (Fsp3) is 0.600. The van der Waals surface area contributed by atoms with Gasteiger partial charge < -0.3 is 29.7 Å². The first kappa shape index (κ1) is 34.4. The predicted molar refractivity (Wildman–Crippen MR) is 173 cm³/mol. The number of nitrogens with zero attached hydrogens (tertiary/aromatic N) is 3. The number of aliphatic hydroxyl groups is 1. The molecule has 1 saturated carbocycles. The van der Waals surface area contributed by atoms with E-state index in [9.17, 15) is 19.5 Å². The SMILES string of the molecule is C[C@@H]1CN([C@@H](C)CO)C(=O)c2cc(NC(=O)C3CCCCC3)ccc2O[C@@H](C)CCCCO[C@H]1CN(C)C(=O)c1ccncc1. The van der Waals surface area contributed by atoms with E-state index in [1.807, 2.05) is 13.8 Å². The molecule has 1 aliphatic heterocycles. The Balaban J connectivity index is 1.61. The first-order valence-electron chi connectivity index (χ1n) is 16.5. The minimum atomic E-state index is -0.490. The normalized spacial score (nSPS) is 22.8. The molecule has 2 heterocycles. The molecule has 246 valence electrons. The second kappa shape index (κ2) is 16.7. The number of likely N-dealkylation sites (N-methyl/N-ethyl adjacent to an activating group) is 1. The van der Waals surface area contributed by atoms with Crippen LogP contribution >= 0.6 is 0 Å². The number of anilines is 1. The molecule has 0 spiro atoms. The topological polar surface area (TPSA) is 121 Å². The first-order chi connectivity index (χ1) is 21.7. The number of benzene rings is 1. The molecule has 4 rings (SSSR count). The zero-order chi connectivity index (χ0) is 32.3. The maximum Gasteiger partial charge on any atom is 0.258 e. The molecule has 0 unspecified atom stereocenters. The lowest BCUT2D eigenvalue weighted by atomic mass is 9.88. The zero-order valence-electron chi connectivity index (χ0n) is 27.2. The number of amides is 3. The summed E-state index contributed by atoms with van der Waals surface area (Å²) in [5, 5.41) is 13.3. The van der Waals surface area contributed by atoms with Gasteiger partial charge in [-0.1, -0.05) is 26.2 Å². The molecule has 0 bridgehead atoms. The van der Waals surface area contributed by atoms with Crippen molar-refractivity contribution in [3.63, 3.8) is 0 Å². The van der Waals surface area contributed by atoms with Gasteiger partial charge in [0.15, 0.2) is 0 Å². The summed E-state index contributed by atoms with van der Waals surface area (Å²) in [6.07, 6.45) is 10.2. The molecule has 1 aliphatic carbocycles. The van der Waals surface area contributed by atoms with E-state index >= 15 is 0 Å². The molecule has 4 atom stereocenters. The third-order valence-corrected chi connectivity index (χ3v) is 9.02. The van der Waals surface area contributed by atoms with E-state index < -0.39 is 6.04 Å². The summed E-state index contributed by atoms with van der Waals surface area (Å²) in [6, 6.07) is 8.15. The molecule has 2 aromatic rings. The number of aliphatic hydroxyl groups excluding tert-OH is 1. The van der Waals surface area contributed by atoms with Crippen LogP contribution < -0.4 is 10.1 Å². The van der Waals surface area contributed by atoms with E-state index in [1.165, 1.54) is 0 Å². The van der Waals surface area contributed by atoms with Crippen molar-refractivity contribution in [2.24, 2.45) is 11.8 Å². The average Bonchev–Trinajstić information content (AvgIpc) is 3.06. The maximum absolute atomic E-state index is 14.3. The van der Waals surface area contributed by atoms with Gasteiger partial charge in [0.25, 0.3) is 11.8 Å². The van der Waals surface area contributed by atoms with Crippen LogP contribution in [0.5, 0.6) is 5.75 Å². The highest BCUT2D eigenvalue weighted by atomic mass is 16.5. The van der Waals surface area contributed by atoms with Crippen molar-refractivity contribution in [1.29, 1.82) is 0 Å². The van der Waals surface area contributed by atoms with Crippen LogP contribution in [0.25, 0.3) is 0 Å². The second-order valence-electron chi connectivity index (χ2n) is 12.8. The fourth-order valence-electron chi connectivity index (χ4n) is 6.14. The molecule has 10 nitrogen and oxygen atoms in total. The van der Waals surface area contributed by atoms with Gasteiger partial charge in [-0.3, -0.25) is 19.4 Å². The van der Waals surface area contributed by atoms with Crippen LogP contribution in [0.2, 0.25) is 0 Å².